The fraction of sp³-hybridized carbons (Fsp3) is 0.545. The van der Waals surface area contributed by atoms with Crippen molar-refractivity contribution in [2.75, 3.05) is 66.2 Å². The third-order valence-corrected chi connectivity index (χ3v) is 11.8. The topological polar surface area (TPSA) is 149 Å². The molecule has 1 amide bonds. The summed E-state index contributed by atoms with van der Waals surface area (Å²) in [6.45, 7) is 8.42. The van der Waals surface area contributed by atoms with Crippen LogP contribution in [0.25, 0.3) is 0 Å². The number of fused-ring (bicyclic) bond motifs is 2. The summed E-state index contributed by atoms with van der Waals surface area (Å²) in [4.78, 5) is 22.5. The minimum atomic E-state index is -1.44. The Morgan fingerprint density at radius 1 is 0.982 bits per heavy atom. The molecule has 6 atom stereocenters. The zero-order valence-corrected chi connectivity index (χ0v) is 34.2. The van der Waals surface area contributed by atoms with Crippen LogP contribution in [0.5, 0.6) is 17.2 Å². The van der Waals surface area contributed by atoms with Gasteiger partial charge in [0.1, 0.15) is 30.4 Å². The smallest absolute Gasteiger partial charge is 0.410 e. The summed E-state index contributed by atoms with van der Waals surface area (Å²) in [5.74, 6) is -0.0255. The van der Waals surface area contributed by atoms with Crippen molar-refractivity contribution in [1.29, 1.82) is 0 Å². The van der Waals surface area contributed by atoms with Crippen molar-refractivity contribution in [1.82, 2.24) is 4.90 Å². The average Bonchev–Trinajstić information content (AvgIpc) is 3.22. The van der Waals surface area contributed by atoms with E-state index in [4.69, 9.17) is 28.5 Å². The number of hydrogen-bond acceptors (Lipinski definition) is 12. The predicted octanol–water partition coefficient (Wildman–Crippen LogP) is 7.49. The highest BCUT2D eigenvalue weighted by atomic mass is 32.2. The molecule has 1 aliphatic heterocycles. The lowest BCUT2D eigenvalue weighted by molar-refractivity contribution is -0.256. The van der Waals surface area contributed by atoms with Crippen LogP contribution in [0.3, 0.4) is 0 Å². The molecule has 0 spiro atoms. The number of oxime groups is 1. The highest BCUT2D eigenvalue weighted by Gasteiger charge is 2.65. The van der Waals surface area contributed by atoms with E-state index >= 15 is 0 Å². The Kier molecular flexibility index (Phi) is 17.3. The van der Waals surface area contributed by atoms with Crippen molar-refractivity contribution >= 4 is 23.6 Å². The molecule has 0 aromatic heterocycles. The molecule has 0 saturated heterocycles. The predicted molar refractivity (Wildman–Crippen MR) is 221 cm³/mol. The summed E-state index contributed by atoms with van der Waals surface area (Å²) in [5.41, 5.74) is 2.55. The lowest BCUT2D eigenvalue weighted by atomic mass is 9.55. The highest BCUT2D eigenvalue weighted by molar-refractivity contribution is 7.98. The summed E-state index contributed by atoms with van der Waals surface area (Å²) in [6, 6.07) is 13.1. The number of amides is 1. The summed E-state index contributed by atoms with van der Waals surface area (Å²) in [5, 5.41) is 33.8. The van der Waals surface area contributed by atoms with Gasteiger partial charge in [-0.15, -0.1) is 24.9 Å². The molecule has 1 saturated carbocycles. The van der Waals surface area contributed by atoms with Crippen LogP contribution in [0.15, 0.2) is 89.5 Å². The Morgan fingerprint density at radius 3 is 2.42 bits per heavy atom. The van der Waals surface area contributed by atoms with E-state index in [9.17, 15) is 20.1 Å². The SMILES string of the molecule is C=CCCOC(=O)N(CCOCCO)C1CC(=NOC)C2=CC(CCCCO)C(CCCCO)C3c4cc(Oc5ccc(SC)cc5)ccc4OC1(OCC=C)C23. The Bertz CT molecular complexity index is 1670. The van der Waals surface area contributed by atoms with Gasteiger partial charge in [0.05, 0.1) is 44.7 Å². The molecule has 0 bridgehead atoms. The fourth-order valence-electron chi connectivity index (χ4n) is 8.62. The second kappa shape index (κ2) is 22.3. The number of allylic oxidation sites excluding steroid dienone is 1. The van der Waals surface area contributed by atoms with Crippen molar-refractivity contribution in [3.8, 4) is 17.2 Å². The molecule has 6 unspecified atom stereocenters. The first-order chi connectivity index (χ1) is 27.9. The van der Waals surface area contributed by atoms with Gasteiger partial charge < -0.3 is 43.8 Å². The van der Waals surface area contributed by atoms with E-state index in [-0.39, 0.29) is 77.0 Å². The molecule has 0 radical (unpaired) electrons. The summed E-state index contributed by atoms with van der Waals surface area (Å²) >= 11 is 1.66. The van der Waals surface area contributed by atoms with Crippen LogP contribution in [0.2, 0.25) is 0 Å². The van der Waals surface area contributed by atoms with E-state index < -0.39 is 23.8 Å². The van der Waals surface area contributed by atoms with Crippen LogP contribution in [0, 0.1) is 17.8 Å². The third-order valence-electron chi connectivity index (χ3n) is 11.0. The first kappa shape index (κ1) is 44.3. The Labute approximate surface area is 341 Å². The summed E-state index contributed by atoms with van der Waals surface area (Å²) in [6.07, 6.45) is 12.4. The van der Waals surface area contributed by atoms with Crippen LogP contribution in [0.4, 0.5) is 4.79 Å². The van der Waals surface area contributed by atoms with Crippen molar-refractivity contribution in [2.24, 2.45) is 22.9 Å². The molecule has 2 aliphatic carbocycles. The van der Waals surface area contributed by atoms with Crippen LogP contribution < -0.4 is 9.47 Å². The largest absolute Gasteiger partial charge is 0.459 e. The van der Waals surface area contributed by atoms with E-state index in [1.54, 1.807) is 28.8 Å². The normalized spacial score (nSPS) is 24.1. The third kappa shape index (κ3) is 10.6. The van der Waals surface area contributed by atoms with Crippen LogP contribution in [0.1, 0.15) is 62.8 Å². The number of unbranched alkanes of at least 4 members (excludes halogenated alkanes) is 2. The molecule has 1 heterocycles. The molecule has 3 aliphatic rings. The molecule has 12 nitrogen and oxygen atoms in total. The molecule has 2 aromatic rings. The molecule has 57 heavy (non-hydrogen) atoms. The zero-order chi connectivity index (χ0) is 40.6. The number of rotatable bonds is 24. The first-order valence-corrected chi connectivity index (χ1v) is 21.3. The summed E-state index contributed by atoms with van der Waals surface area (Å²) < 4.78 is 32.2. The van der Waals surface area contributed by atoms with Gasteiger partial charge in [-0.25, -0.2) is 4.79 Å². The number of benzene rings is 2. The molecule has 13 heteroatoms. The maximum Gasteiger partial charge on any atom is 0.410 e. The maximum absolute atomic E-state index is 14.2. The van der Waals surface area contributed by atoms with Gasteiger partial charge in [-0.3, -0.25) is 4.90 Å². The number of nitrogens with zero attached hydrogens (tertiary/aromatic N) is 2. The molecule has 1 fully saturated rings. The quantitative estimate of drug-likeness (QED) is 0.0420. The number of carbonyl (C=O) groups is 1. The minimum absolute atomic E-state index is 0.0536. The Balaban J connectivity index is 1.73. The van der Waals surface area contributed by atoms with E-state index in [0.29, 0.717) is 42.2 Å². The molecule has 3 N–H and O–H groups in total. The Morgan fingerprint density at radius 2 is 1.74 bits per heavy atom. The lowest BCUT2D eigenvalue weighted by Gasteiger charge is -2.59. The average molecular weight is 809 g/mol. The molecule has 312 valence electrons. The summed E-state index contributed by atoms with van der Waals surface area (Å²) in [7, 11) is 1.52. The highest BCUT2D eigenvalue weighted by Crippen LogP contribution is 2.62. The number of ether oxygens (including phenoxy) is 5. The van der Waals surface area contributed by atoms with Crippen molar-refractivity contribution in [3.63, 3.8) is 0 Å². The zero-order valence-electron chi connectivity index (χ0n) is 33.4. The molecule has 2 aromatic carbocycles. The van der Waals surface area contributed by atoms with Gasteiger partial charge >= 0.3 is 6.09 Å². The monoisotopic (exact) mass is 808 g/mol. The Hall–Kier alpha value is -3.85. The standard InChI is InChI=1S/C44H60N2O10S/c1-5-7-25-53-43(50)46(20-26-52-27-23-49)40-30-38(45-51-3)36-28-31(12-8-10-21-47)35(13-9-11-22-48)41-37-29-33(55-32-14-17-34(57-4)18-15-32)16-19-39(37)56-44(40,42(36)41)54-24-6-2/h5-6,14-19,28-29,31,35,40-42,47-49H,1-2,7-13,20-27,30H2,3-4H3. The number of hydrogen-bond donors (Lipinski definition) is 3. The molecular formula is C44H60N2O10S. The van der Waals surface area contributed by atoms with Gasteiger partial charge in [0.2, 0.25) is 5.79 Å². The van der Waals surface area contributed by atoms with Crippen molar-refractivity contribution < 1.29 is 48.6 Å². The van der Waals surface area contributed by atoms with Gasteiger partial charge in [0.25, 0.3) is 0 Å². The van der Waals surface area contributed by atoms with Gasteiger partial charge in [-0.2, -0.15) is 0 Å². The van der Waals surface area contributed by atoms with Crippen LogP contribution in [-0.2, 0) is 19.0 Å². The fourth-order valence-corrected chi connectivity index (χ4v) is 9.03. The van der Waals surface area contributed by atoms with Gasteiger partial charge in [0, 0.05) is 42.6 Å². The second-order valence-corrected chi connectivity index (χ2v) is 15.3. The number of carbonyl (C=O) groups excluding carboxylic acids is 1. The minimum Gasteiger partial charge on any atom is -0.459 e. The van der Waals surface area contributed by atoms with Crippen molar-refractivity contribution in [2.45, 2.75) is 74.0 Å². The molecule has 5 rings (SSSR count). The lowest BCUT2D eigenvalue weighted by Crippen LogP contribution is -2.70. The van der Waals surface area contributed by atoms with E-state index in [2.05, 4.69) is 30.5 Å². The van der Waals surface area contributed by atoms with Gasteiger partial charge in [0.15, 0.2) is 0 Å². The number of aliphatic hydroxyl groups excluding tert-OH is 3. The van der Waals surface area contributed by atoms with E-state index in [1.165, 1.54) is 7.11 Å². The maximum atomic E-state index is 14.2. The molecular weight excluding hydrogens is 749 g/mol. The number of thioether (sulfide) groups is 1. The van der Waals surface area contributed by atoms with Crippen LogP contribution in [-0.4, -0.2) is 110 Å². The first-order valence-electron chi connectivity index (χ1n) is 20.1. The van der Waals surface area contributed by atoms with Gasteiger partial charge in [-0.1, -0.05) is 36.2 Å². The van der Waals surface area contributed by atoms with Crippen molar-refractivity contribution in [3.05, 3.63) is 85.0 Å². The van der Waals surface area contributed by atoms with E-state index in [0.717, 1.165) is 41.7 Å². The second-order valence-electron chi connectivity index (χ2n) is 14.5. The van der Waals surface area contributed by atoms with Crippen LogP contribution >= 0.6 is 11.8 Å². The van der Waals surface area contributed by atoms with Gasteiger partial charge in [-0.05, 0) is 98.2 Å². The van der Waals surface area contributed by atoms with E-state index in [1.807, 2.05) is 42.7 Å². The number of aliphatic hydroxyl groups is 3.